The van der Waals surface area contributed by atoms with Gasteiger partial charge in [0.25, 0.3) is 0 Å². The highest BCUT2D eigenvalue weighted by molar-refractivity contribution is 5.86. The number of aromatic amines is 1. The smallest absolute Gasteiger partial charge is 0.237 e. The van der Waals surface area contributed by atoms with Crippen molar-refractivity contribution >= 4 is 16.8 Å². The standard InChI is InChI=1S/C18H28N4O/c1-18(2,12-22(3)4)11-21-17(23)15(19)9-13-10-20-16-8-6-5-7-14(13)16/h5-8,10,15,20H,9,11-12,19H2,1-4H3,(H,21,23)/t15-/m0/s1. The highest BCUT2D eigenvalue weighted by Crippen LogP contribution is 2.19. The summed E-state index contributed by atoms with van der Waals surface area (Å²) < 4.78 is 0. The van der Waals surface area contributed by atoms with Crippen molar-refractivity contribution in [2.75, 3.05) is 27.2 Å². The van der Waals surface area contributed by atoms with Crippen LogP contribution in [0.25, 0.3) is 10.9 Å². The quantitative estimate of drug-likeness (QED) is 0.728. The summed E-state index contributed by atoms with van der Waals surface area (Å²) in [7, 11) is 4.07. The molecule has 1 amide bonds. The summed E-state index contributed by atoms with van der Waals surface area (Å²) in [5, 5.41) is 4.12. The number of hydrogen-bond donors (Lipinski definition) is 3. The van der Waals surface area contributed by atoms with Crippen LogP contribution in [0.1, 0.15) is 19.4 Å². The second kappa shape index (κ2) is 7.15. The Hall–Kier alpha value is -1.85. The van der Waals surface area contributed by atoms with Crippen LogP contribution in [0, 0.1) is 5.41 Å². The maximum absolute atomic E-state index is 12.3. The van der Waals surface area contributed by atoms with Crippen molar-refractivity contribution in [1.82, 2.24) is 15.2 Å². The highest BCUT2D eigenvalue weighted by Gasteiger charge is 2.22. The molecule has 2 rings (SSSR count). The van der Waals surface area contributed by atoms with E-state index >= 15 is 0 Å². The predicted octanol–water partition coefficient (Wildman–Crippen LogP) is 1.74. The molecular weight excluding hydrogens is 288 g/mol. The third kappa shape index (κ3) is 4.81. The fraction of sp³-hybridized carbons (Fsp3) is 0.500. The Balaban J connectivity index is 1.93. The van der Waals surface area contributed by atoms with Gasteiger partial charge in [0.2, 0.25) is 5.91 Å². The zero-order valence-corrected chi connectivity index (χ0v) is 14.5. The molecule has 2 aromatic rings. The van der Waals surface area contributed by atoms with E-state index in [1.54, 1.807) is 0 Å². The Kier molecular flexibility index (Phi) is 5.44. The van der Waals surface area contributed by atoms with E-state index in [-0.39, 0.29) is 11.3 Å². The zero-order valence-electron chi connectivity index (χ0n) is 14.5. The third-order valence-corrected chi connectivity index (χ3v) is 3.94. The van der Waals surface area contributed by atoms with Crippen LogP contribution in [-0.2, 0) is 11.2 Å². The first kappa shape index (κ1) is 17.5. The van der Waals surface area contributed by atoms with Gasteiger partial charge in [-0.1, -0.05) is 32.0 Å². The molecule has 4 N–H and O–H groups in total. The number of rotatable bonds is 7. The topological polar surface area (TPSA) is 74.2 Å². The Morgan fingerprint density at radius 3 is 2.74 bits per heavy atom. The van der Waals surface area contributed by atoms with Gasteiger partial charge >= 0.3 is 0 Å². The largest absolute Gasteiger partial charge is 0.361 e. The molecule has 1 aromatic heterocycles. The lowest BCUT2D eigenvalue weighted by Crippen LogP contribution is -2.47. The highest BCUT2D eigenvalue weighted by atomic mass is 16.2. The molecule has 0 aliphatic rings. The lowest BCUT2D eigenvalue weighted by atomic mass is 9.92. The number of fused-ring (bicyclic) bond motifs is 1. The molecule has 5 heteroatoms. The molecule has 0 fully saturated rings. The number of carbonyl (C=O) groups excluding carboxylic acids is 1. The summed E-state index contributed by atoms with van der Waals surface area (Å²) in [6, 6.07) is 7.52. The number of nitrogens with two attached hydrogens (primary N) is 1. The normalized spacial score (nSPS) is 13.5. The van der Waals surface area contributed by atoms with Crippen molar-refractivity contribution in [3.05, 3.63) is 36.0 Å². The average Bonchev–Trinajstić information content (AvgIpc) is 2.87. The van der Waals surface area contributed by atoms with Gasteiger partial charge in [-0.3, -0.25) is 4.79 Å². The van der Waals surface area contributed by atoms with Gasteiger partial charge in [-0.2, -0.15) is 0 Å². The van der Waals surface area contributed by atoms with Gasteiger partial charge in [0.1, 0.15) is 0 Å². The fourth-order valence-corrected chi connectivity index (χ4v) is 3.00. The molecule has 126 valence electrons. The number of para-hydroxylation sites is 1. The van der Waals surface area contributed by atoms with Gasteiger partial charge in [-0.25, -0.2) is 0 Å². The predicted molar refractivity (Wildman–Crippen MR) is 95.3 cm³/mol. The second-order valence-corrected chi connectivity index (χ2v) is 7.29. The van der Waals surface area contributed by atoms with Crippen molar-refractivity contribution in [2.45, 2.75) is 26.3 Å². The van der Waals surface area contributed by atoms with Crippen molar-refractivity contribution in [2.24, 2.45) is 11.1 Å². The molecule has 0 saturated carbocycles. The van der Waals surface area contributed by atoms with E-state index in [0.29, 0.717) is 13.0 Å². The van der Waals surface area contributed by atoms with E-state index < -0.39 is 6.04 Å². The second-order valence-electron chi connectivity index (χ2n) is 7.29. The molecule has 0 radical (unpaired) electrons. The number of aromatic nitrogens is 1. The molecule has 0 spiro atoms. The van der Waals surface area contributed by atoms with Crippen molar-refractivity contribution in [3.63, 3.8) is 0 Å². The first-order valence-electron chi connectivity index (χ1n) is 8.01. The minimum atomic E-state index is -0.538. The van der Waals surface area contributed by atoms with E-state index in [1.807, 2.05) is 44.6 Å². The van der Waals surface area contributed by atoms with Crippen molar-refractivity contribution < 1.29 is 4.79 Å². The number of nitrogens with zero attached hydrogens (tertiary/aromatic N) is 1. The van der Waals surface area contributed by atoms with Gasteiger partial charge in [0.15, 0.2) is 0 Å². The molecule has 1 aromatic carbocycles. The number of carbonyl (C=O) groups is 1. The Morgan fingerprint density at radius 1 is 1.35 bits per heavy atom. The number of hydrogen-bond acceptors (Lipinski definition) is 3. The van der Waals surface area contributed by atoms with E-state index in [2.05, 4.69) is 29.0 Å². The van der Waals surface area contributed by atoms with Crippen LogP contribution in [0.3, 0.4) is 0 Å². The summed E-state index contributed by atoms with van der Waals surface area (Å²) >= 11 is 0. The number of H-pyrrole nitrogens is 1. The molecule has 0 aliphatic heterocycles. The first-order chi connectivity index (χ1) is 10.8. The van der Waals surface area contributed by atoms with Crippen LogP contribution >= 0.6 is 0 Å². The minimum Gasteiger partial charge on any atom is -0.361 e. The van der Waals surface area contributed by atoms with Crippen LogP contribution in [0.5, 0.6) is 0 Å². The van der Waals surface area contributed by atoms with Gasteiger partial charge in [-0.15, -0.1) is 0 Å². The minimum absolute atomic E-state index is 0.0136. The summed E-state index contributed by atoms with van der Waals surface area (Å²) in [6.45, 7) is 5.80. The van der Waals surface area contributed by atoms with Gasteiger partial charge in [0.05, 0.1) is 6.04 Å². The summed E-state index contributed by atoms with van der Waals surface area (Å²) in [4.78, 5) is 17.6. The van der Waals surface area contributed by atoms with Crippen LogP contribution in [0.2, 0.25) is 0 Å². The van der Waals surface area contributed by atoms with Crippen LogP contribution < -0.4 is 11.1 Å². The number of amides is 1. The molecular formula is C18H28N4O. The molecule has 0 bridgehead atoms. The fourth-order valence-electron chi connectivity index (χ4n) is 3.00. The van der Waals surface area contributed by atoms with E-state index in [9.17, 15) is 4.79 Å². The Bertz CT molecular complexity index is 660. The average molecular weight is 316 g/mol. The van der Waals surface area contributed by atoms with E-state index in [1.165, 1.54) is 0 Å². The summed E-state index contributed by atoms with van der Waals surface area (Å²) in [6.07, 6.45) is 2.47. The van der Waals surface area contributed by atoms with Crippen LogP contribution in [-0.4, -0.2) is 49.0 Å². The summed E-state index contributed by atoms with van der Waals surface area (Å²) in [5.74, 6) is -0.0953. The zero-order chi connectivity index (χ0) is 17.0. The first-order valence-corrected chi connectivity index (χ1v) is 8.01. The maximum Gasteiger partial charge on any atom is 0.237 e. The molecule has 0 unspecified atom stereocenters. The molecule has 1 heterocycles. The molecule has 0 aliphatic carbocycles. The van der Waals surface area contributed by atoms with Gasteiger partial charge in [0, 0.05) is 30.2 Å². The van der Waals surface area contributed by atoms with E-state index in [0.717, 1.165) is 23.0 Å². The van der Waals surface area contributed by atoms with Crippen LogP contribution in [0.4, 0.5) is 0 Å². The number of benzene rings is 1. The van der Waals surface area contributed by atoms with Gasteiger partial charge < -0.3 is 20.9 Å². The Morgan fingerprint density at radius 2 is 2.04 bits per heavy atom. The maximum atomic E-state index is 12.3. The Labute approximate surface area is 138 Å². The molecule has 23 heavy (non-hydrogen) atoms. The lowest BCUT2D eigenvalue weighted by molar-refractivity contribution is -0.122. The lowest BCUT2D eigenvalue weighted by Gasteiger charge is -2.29. The van der Waals surface area contributed by atoms with Gasteiger partial charge in [-0.05, 0) is 37.6 Å². The molecule has 1 atom stereocenters. The monoisotopic (exact) mass is 316 g/mol. The molecule has 0 saturated heterocycles. The number of nitrogens with one attached hydrogen (secondary N) is 2. The van der Waals surface area contributed by atoms with Crippen LogP contribution in [0.15, 0.2) is 30.5 Å². The third-order valence-electron chi connectivity index (χ3n) is 3.94. The summed E-state index contributed by atoms with van der Waals surface area (Å²) in [5.41, 5.74) is 8.26. The SMILES string of the molecule is CN(C)CC(C)(C)CNC(=O)[C@@H](N)Cc1c[nH]c2ccccc12. The molecule has 5 nitrogen and oxygen atoms in total. The van der Waals surface area contributed by atoms with Crippen molar-refractivity contribution in [1.29, 1.82) is 0 Å². The van der Waals surface area contributed by atoms with E-state index in [4.69, 9.17) is 5.73 Å². The van der Waals surface area contributed by atoms with Crippen molar-refractivity contribution in [3.8, 4) is 0 Å².